The Bertz CT molecular complexity index is 341. The quantitative estimate of drug-likeness (QED) is 0.676. The molecule has 1 N–H and O–H groups in total. The number of carbonyl (C=O) groups is 1. The number of carbonyl (C=O) groups excluding carboxylic acids is 1. The lowest BCUT2D eigenvalue weighted by molar-refractivity contribution is 0.0993. The molecule has 0 aromatic heterocycles. The maximum atomic E-state index is 11.5. The number of hydrogen-bond donors (Lipinski definition) is 1. The maximum Gasteiger partial charge on any atom is 0.176 e. The predicted octanol–water partition coefficient (Wildman–Crippen LogP) is 2.57. The van der Waals surface area contributed by atoms with Gasteiger partial charge in [-0.05, 0) is 41.4 Å². The first kappa shape index (κ1) is 11.8. The molecule has 4 heteroatoms. The number of halogens is 1. The van der Waals surface area contributed by atoms with Gasteiger partial charge in [0.25, 0.3) is 0 Å². The van der Waals surface area contributed by atoms with Crippen molar-refractivity contribution in [3.63, 3.8) is 0 Å². The van der Waals surface area contributed by atoms with Gasteiger partial charge < -0.3 is 5.32 Å². The Hall–Kier alpha value is -0.320. The van der Waals surface area contributed by atoms with Crippen LogP contribution >= 0.6 is 27.7 Å². The first-order chi connectivity index (χ1) is 6.69. The van der Waals surface area contributed by atoms with Gasteiger partial charge in [-0.2, -0.15) is 0 Å². The Morgan fingerprint density at radius 3 is 2.79 bits per heavy atom. The van der Waals surface area contributed by atoms with Gasteiger partial charge in [0.15, 0.2) is 5.78 Å². The van der Waals surface area contributed by atoms with Gasteiger partial charge in [-0.3, -0.25) is 4.79 Å². The lowest BCUT2D eigenvalue weighted by Crippen LogP contribution is -2.18. The molecule has 0 heterocycles. The number of benzene rings is 1. The van der Waals surface area contributed by atoms with Crippen LogP contribution in [0.2, 0.25) is 0 Å². The van der Waals surface area contributed by atoms with Crippen molar-refractivity contribution in [1.29, 1.82) is 0 Å². The minimum Gasteiger partial charge on any atom is -0.313 e. The van der Waals surface area contributed by atoms with Crippen molar-refractivity contribution < 1.29 is 4.79 Å². The van der Waals surface area contributed by atoms with E-state index in [2.05, 4.69) is 21.2 Å². The fraction of sp³-hybridized carbons (Fsp3) is 0.300. The van der Waals surface area contributed by atoms with Crippen molar-refractivity contribution in [3.8, 4) is 0 Å². The fourth-order valence-corrected chi connectivity index (χ4v) is 2.42. The summed E-state index contributed by atoms with van der Waals surface area (Å²) in [4.78, 5) is 12.7. The lowest BCUT2D eigenvalue weighted by Gasteiger charge is -2.04. The molecule has 0 spiro atoms. The van der Waals surface area contributed by atoms with Crippen LogP contribution in [0, 0.1) is 0 Å². The Kier molecular flexibility index (Phi) is 4.65. The molecule has 0 saturated heterocycles. The molecule has 0 bridgehead atoms. The second kappa shape index (κ2) is 5.53. The Labute approximate surface area is 96.6 Å². The van der Waals surface area contributed by atoms with Gasteiger partial charge >= 0.3 is 0 Å². The van der Waals surface area contributed by atoms with Gasteiger partial charge in [0, 0.05) is 14.9 Å². The van der Waals surface area contributed by atoms with E-state index in [-0.39, 0.29) is 5.78 Å². The minimum absolute atomic E-state index is 0.112. The molecule has 2 nitrogen and oxygen atoms in total. The zero-order chi connectivity index (χ0) is 10.6. The molecule has 1 rings (SSSR count). The number of Topliss-reactive ketones (excluding diaryl/α,β-unsaturated/α-hetero) is 1. The normalized spacial score (nSPS) is 10.2. The van der Waals surface area contributed by atoms with Crippen LogP contribution in [0.3, 0.4) is 0 Å². The first-order valence-electron chi connectivity index (χ1n) is 4.20. The summed E-state index contributed by atoms with van der Waals surface area (Å²) in [7, 11) is 1.77. The third-order valence-electron chi connectivity index (χ3n) is 1.81. The smallest absolute Gasteiger partial charge is 0.176 e. The van der Waals surface area contributed by atoms with Crippen molar-refractivity contribution in [2.45, 2.75) is 4.90 Å². The van der Waals surface area contributed by atoms with Crippen LogP contribution in [0.5, 0.6) is 0 Å². The third kappa shape index (κ3) is 2.83. The van der Waals surface area contributed by atoms with Crippen molar-refractivity contribution in [1.82, 2.24) is 5.32 Å². The SMILES string of the molecule is CNCC(=O)c1ccc(SC)c(Br)c1. The second-order valence-corrected chi connectivity index (χ2v) is 4.51. The number of rotatable bonds is 4. The maximum absolute atomic E-state index is 11.5. The van der Waals surface area contributed by atoms with E-state index in [0.29, 0.717) is 6.54 Å². The van der Waals surface area contributed by atoms with E-state index in [9.17, 15) is 4.79 Å². The highest BCUT2D eigenvalue weighted by Crippen LogP contribution is 2.26. The molecule has 14 heavy (non-hydrogen) atoms. The van der Waals surface area contributed by atoms with Crippen LogP contribution in [0.25, 0.3) is 0 Å². The van der Waals surface area contributed by atoms with Crippen LogP contribution < -0.4 is 5.32 Å². The Balaban J connectivity index is 2.91. The largest absolute Gasteiger partial charge is 0.313 e. The molecule has 1 aromatic rings. The van der Waals surface area contributed by atoms with E-state index < -0.39 is 0 Å². The summed E-state index contributed by atoms with van der Waals surface area (Å²) in [6.45, 7) is 0.380. The first-order valence-corrected chi connectivity index (χ1v) is 6.22. The number of hydrogen-bond acceptors (Lipinski definition) is 3. The van der Waals surface area contributed by atoms with Crippen molar-refractivity contribution >= 4 is 33.5 Å². The van der Waals surface area contributed by atoms with E-state index >= 15 is 0 Å². The molecular formula is C10H12BrNOS. The fourth-order valence-electron chi connectivity index (χ4n) is 1.10. The minimum atomic E-state index is 0.112. The van der Waals surface area contributed by atoms with Gasteiger partial charge in [-0.15, -0.1) is 11.8 Å². The monoisotopic (exact) mass is 273 g/mol. The van der Waals surface area contributed by atoms with Gasteiger partial charge in [0.05, 0.1) is 6.54 Å². The second-order valence-electron chi connectivity index (χ2n) is 2.80. The molecule has 0 saturated carbocycles. The topological polar surface area (TPSA) is 29.1 Å². The molecule has 0 radical (unpaired) electrons. The highest BCUT2D eigenvalue weighted by atomic mass is 79.9. The van der Waals surface area contributed by atoms with Gasteiger partial charge in [0.2, 0.25) is 0 Å². The molecule has 0 aliphatic rings. The summed E-state index contributed by atoms with van der Waals surface area (Å²) in [5.74, 6) is 0.112. The van der Waals surface area contributed by atoms with Gasteiger partial charge in [0.1, 0.15) is 0 Å². The summed E-state index contributed by atoms with van der Waals surface area (Å²) in [5.41, 5.74) is 0.740. The summed E-state index contributed by atoms with van der Waals surface area (Å²) >= 11 is 5.09. The van der Waals surface area contributed by atoms with E-state index in [1.807, 2.05) is 24.5 Å². The van der Waals surface area contributed by atoms with Gasteiger partial charge in [-0.25, -0.2) is 0 Å². The zero-order valence-corrected chi connectivity index (χ0v) is 10.5. The third-order valence-corrected chi connectivity index (χ3v) is 3.53. The number of likely N-dealkylation sites (N-methyl/N-ethyl adjacent to an activating group) is 1. The zero-order valence-electron chi connectivity index (χ0n) is 8.13. The lowest BCUT2D eigenvalue weighted by atomic mass is 10.1. The van der Waals surface area contributed by atoms with Crippen LogP contribution in [-0.4, -0.2) is 25.6 Å². The number of thioether (sulfide) groups is 1. The molecule has 0 unspecified atom stereocenters. The summed E-state index contributed by atoms with van der Waals surface area (Å²) in [6, 6.07) is 5.68. The standard InChI is InChI=1S/C10H12BrNOS/c1-12-6-9(13)7-3-4-10(14-2)8(11)5-7/h3-5,12H,6H2,1-2H3. The Morgan fingerprint density at radius 1 is 1.57 bits per heavy atom. The highest BCUT2D eigenvalue weighted by molar-refractivity contribution is 9.10. The van der Waals surface area contributed by atoms with Crippen LogP contribution in [0.15, 0.2) is 27.6 Å². The van der Waals surface area contributed by atoms with Crippen molar-refractivity contribution in [3.05, 3.63) is 28.2 Å². The molecule has 0 amide bonds. The van der Waals surface area contributed by atoms with Crippen LogP contribution in [0.1, 0.15) is 10.4 Å². The van der Waals surface area contributed by atoms with Crippen LogP contribution in [-0.2, 0) is 0 Å². The summed E-state index contributed by atoms with van der Waals surface area (Å²) in [6.07, 6.45) is 2.01. The van der Waals surface area contributed by atoms with E-state index in [0.717, 1.165) is 14.9 Å². The summed E-state index contributed by atoms with van der Waals surface area (Å²) < 4.78 is 0.979. The molecule has 76 valence electrons. The molecule has 0 fully saturated rings. The van der Waals surface area contributed by atoms with Crippen LogP contribution in [0.4, 0.5) is 0 Å². The average molecular weight is 274 g/mol. The average Bonchev–Trinajstić information content (AvgIpc) is 2.18. The van der Waals surface area contributed by atoms with Crippen molar-refractivity contribution in [2.24, 2.45) is 0 Å². The number of nitrogens with one attached hydrogen (secondary N) is 1. The summed E-state index contributed by atoms with van der Waals surface area (Å²) in [5, 5.41) is 2.84. The predicted molar refractivity (Wildman–Crippen MR) is 64.2 cm³/mol. The number of ketones is 1. The molecule has 1 aromatic carbocycles. The molecule has 0 atom stereocenters. The van der Waals surface area contributed by atoms with Crippen molar-refractivity contribution in [2.75, 3.05) is 19.8 Å². The van der Waals surface area contributed by atoms with E-state index in [1.165, 1.54) is 0 Å². The van der Waals surface area contributed by atoms with E-state index in [4.69, 9.17) is 0 Å². The molecular weight excluding hydrogens is 262 g/mol. The highest BCUT2D eigenvalue weighted by Gasteiger charge is 2.06. The molecule has 0 aliphatic carbocycles. The van der Waals surface area contributed by atoms with Gasteiger partial charge in [-0.1, -0.05) is 6.07 Å². The Morgan fingerprint density at radius 2 is 2.29 bits per heavy atom. The van der Waals surface area contributed by atoms with E-state index in [1.54, 1.807) is 18.8 Å². The molecule has 0 aliphatic heterocycles.